The second-order valence-electron chi connectivity index (χ2n) is 11.2. The van der Waals surface area contributed by atoms with Gasteiger partial charge in [0.05, 0.1) is 23.0 Å². The highest BCUT2D eigenvalue weighted by Crippen LogP contribution is 2.62. The molecule has 6 rings (SSSR count). The fourth-order valence-electron chi connectivity index (χ4n) is 7.42. The molecule has 1 aromatic rings. The lowest BCUT2D eigenvalue weighted by atomic mass is 9.53. The predicted molar refractivity (Wildman–Crippen MR) is 122 cm³/mol. The van der Waals surface area contributed by atoms with Gasteiger partial charge in [-0.25, -0.2) is 0 Å². The van der Waals surface area contributed by atoms with E-state index in [9.17, 15) is 14.9 Å². The monoisotopic (exact) mass is 455 g/mol. The van der Waals surface area contributed by atoms with Crippen molar-refractivity contribution in [2.75, 3.05) is 44.2 Å². The molecule has 1 spiro atoms. The third-order valence-corrected chi connectivity index (χ3v) is 9.33. The summed E-state index contributed by atoms with van der Waals surface area (Å²) in [6.45, 7) is 7.53. The summed E-state index contributed by atoms with van der Waals surface area (Å²) in [5.41, 5.74) is 1.46. The fraction of sp³-hybridized carbons (Fsp3) is 0.720. The third-order valence-electron chi connectivity index (χ3n) is 9.33. The summed E-state index contributed by atoms with van der Waals surface area (Å²) in [6.07, 6.45) is 5.73. The van der Waals surface area contributed by atoms with Gasteiger partial charge in [0.15, 0.2) is 0 Å². The first-order chi connectivity index (χ1) is 15.9. The second kappa shape index (κ2) is 7.67. The lowest BCUT2D eigenvalue weighted by molar-refractivity contribution is -0.384. The molecule has 6 atom stereocenters. The molecule has 8 nitrogen and oxygen atoms in total. The molecule has 0 amide bonds. The number of hydrogen-bond acceptors (Lipinski definition) is 7. The number of hydrogen-bond donors (Lipinski definition) is 0. The van der Waals surface area contributed by atoms with Crippen LogP contribution < -0.4 is 4.90 Å². The smallest absolute Gasteiger partial charge is 0.310 e. The van der Waals surface area contributed by atoms with Gasteiger partial charge in [0.2, 0.25) is 0 Å². The SMILES string of the molecule is C[C@]12CCC[C@]3(CO3)[C@@H]1C[C@H]1[C@@H](C2)OC(=O)[C@@H]1CN1CCN(c2ccc([N+](=O)[O-])cc2)CC1. The predicted octanol–water partition coefficient (Wildman–Crippen LogP) is 3.24. The van der Waals surface area contributed by atoms with Gasteiger partial charge in [0.25, 0.3) is 5.69 Å². The standard InChI is InChI=1S/C25H33N3O5/c1-24-7-2-8-25(16-32-25)22(24)13-19-20(23(29)33-21(19)14-24)15-26-9-11-27(12-10-26)17-3-5-18(6-4-17)28(30)31/h3-6,19-22H,2,7-16H2,1H3/t19-,20-,21-,22-,24-,25+/m1/s1. The average molecular weight is 456 g/mol. The molecule has 0 radical (unpaired) electrons. The maximum atomic E-state index is 12.9. The van der Waals surface area contributed by atoms with Crippen LogP contribution in [0.1, 0.15) is 39.0 Å². The van der Waals surface area contributed by atoms with Crippen LogP contribution in [-0.4, -0.2) is 66.8 Å². The van der Waals surface area contributed by atoms with Crippen molar-refractivity contribution in [3.63, 3.8) is 0 Å². The number of benzene rings is 1. The summed E-state index contributed by atoms with van der Waals surface area (Å²) in [7, 11) is 0. The molecule has 0 N–H and O–H groups in total. The van der Waals surface area contributed by atoms with Crippen molar-refractivity contribution in [3.05, 3.63) is 34.4 Å². The van der Waals surface area contributed by atoms with Gasteiger partial charge < -0.3 is 14.4 Å². The Morgan fingerprint density at radius 2 is 1.88 bits per heavy atom. The molecule has 3 saturated heterocycles. The zero-order chi connectivity index (χ0) is 22.8. The number of anilines is 1. The van der Waals surface area contributed by atoms with Gasteiger partial charge in [0.1, 0.15) is 6.10 Å². The van der Waals surface area contributed by atoms with Gasteiger partial charge in [0, 0.05) is 56.5 Å². The number of ether oxygens (including phenoxy) is 2. The largest absolute Gasteiger partial charge is 0.462 e. The highest BCUT2D eigenvalue weighted by molar-refractivity contribution is 5.75. The zero-order valence-corrected chi connectivity index (χ0v) is 19.3. The lowest BCUT2D eigenvalue weighted by Gasteiger charge is -2.51. The van der Waals surface area contributed by atoms with Gasteiger partial charge in [-0.2, -0.15) is 0 Å². The Bertz CT molecular complexity index is 940. The van der Waals surface area contributed by atoms with Gasteiger partial charge >= 0.3 is 5.97 Å². The van der Waals surface area contributed by atoms with Crippen LogP contribution in [-0.2, 0) is 14.3 Å². The van der Waals surface area contributed by atoms with Crippen molar-refractivity contribution in [2.24, 2.45) is 23.2 Å². The summed E-state index contributed by atoms with van der Waals surface area (Å²) in [4.78, 5) is 28.1. The van der Waals surface area contributed by atoms with E-state index in [0.29, 0.717) is 11.8 Å². The van der Waals surface area contributed by atoms with Crippen molar-refractivity contribution >= 4 is 17.3 Å². The maximum absolute atomic E-state index is 12.9. The number of carbonyl (C=O) groups is 1. The van der Waals surface area contributed by atoms with Crippen LogP contribution >= 0.6 is 0 Å². The Kier molecular flexibility index (Phi) is 4.96. The topological polar surface area (TPSA) is 88.5 Å². The lowest BCUT2D eigenvalue weighted by Crippen LogP contribution is -2.52. The summed E-state index contributed by atoms with van der Waals surface area (Å²) >= 11 is 0. The molecule has 1 aromatic carbocycles. The number of carbonyl (C=O) groups excluding carboxylic acids is 1. The molecule has 3 heterocycles. The first-order valence-corrected chi connectivity index (χ1v) is 12.4. The van der Waals surface area contributed by atoms with Crippen LogP contribution in [0.25, 0.3) is 0 Å². The molecule has 8 heteroatoms. The Hall–Kier alpha value is -2.19. The minimum Gasteiger partial charge on any atom is -0.462 e. The van der Waals surface area contributed by atoms with E-state index in [2.05, 4.69) is 16.7 Å². The van der Waals surface area contributed by atoms with E-state index in [-0.39, 0.29) is 39.6 Å². The molecule has 2 aliphatic carbocycles. The number of nitro benzene ring substituents is 1. The van der Waals surface area contributed by atoms with Crippen molar-refractivity contribution in [1.29, 1.82) is 0 Å². The van der Waals surface area contributed by atoms with Crippen molar-refractivity contribution in [3.8, 4) is 0 Å². The molecular formula is C25H33N3O5. The molecule has 2 saturated carbocycles. The third kappa shape index (κ3) is 3.62. The van der Waals surface area contributed by atoms with Crippen LogP contribution in [0.2, 0.25) is 0 Å². The van der Waals surface area contributed by atoms with E-state index < -0.39 is 0 Å². The Morgan fingerprint density at radius 1 is 1.15 bits per heavy atom. The summed E-state index contributed by atoms with van der Waals surface area (Å²) in [5, 5.41) is 10.9. The van der Waals surface area contributed by atoms with Crippen LogP contribution in [0, 0.1) is 33.3 Å². The normalized spacial score (nSPS) is 40.3. The van der Waals surface area contributed by atoms with E-state index in [0.717, 1.165) is 57.9 Å². The Morgan fingerprint density at radius 3 is 2.55 bits per heavy atom. The molecule has 0 bridgehead atoms. The highest BCUT2D eigenvalue weighted by atomic mass is 16.6. The van der Waals surface area contributed by atoms with E-state index in [1.807, 2.05) is 12.1 Å². The van der Waals surface area contributed by atoms with Crippen molar-refractivity contribution in [2.45, 2.75) is 50.7 Å². The minimum absolute atomic E-state index is 0.00388. The number of rotatable bonds is 4. The van der Waals surface area contributed by atoms with Crippen LogP contribution in [0.15, 0.2) is 24.3 Å². The van der Waals surface area contributed by atoms with Gasteiger partial charge in [-0.1, -0.05) is 6.92 Å². The van der Waals surface area contributed by atoms with Crippen LogP contribution in [0.3, 0.4) is 0 Å². The molecule has 5 aliphatic rings. The second-order valence-corrected chi connectivity index (χ2v) is 11.2. The molecule has 3 aliphatic heterocycles. The minimum atomic E-state index is -0.367. The quantitative estimate of drug-likeness (QED) is 0.298. The summed E-state index contributed by atoms with van der Waals surface area (Å²) in [6, 6.07) is 6.78. The number of non-ortho nitro benzene ring substituents is 1. The summed E-state index contributed by atoms with van der Waals surface area (Å²) < 4.78 is 12.0. The highest BCUT2D eigenvalue weighted by Gasteiger charge is 2.65. The van der Waals surface area contributed by atoms with E-state index in [4.69, 9.17) is 9.47 Å². The maximum Gasteiger partial charge on any atom is 0.310 e. The van der Waals surface area contributed by atoms with E-state index in [1.54, 1.807) is 12.1 Å². The average Bonchev–Trinajstić information content (AvgIpc) is 3.51. The summed E-state index contributed by atoms with van der Waals surface area (Å²) in [5.74, 6) is 0.817. The first-order valence-electron chi connectivity index (χ1n) is 12.4. The molecule has 178 valence electrons. The van der Waals surface area contributed by atoms with Crippen LogP contribution in [0.5, 0.6) is 0 Å². The van der Waals surface area contributed by atoms with E-state index >= 15 is 0 Å². The number of nitrogens with zero attached hydrogens (tertiary/aromatic N) is 3. The Balaban J connectivity index is 1.09. The van der Waals surface area contributed by atoms with Crippen LogP contribution in [0.4, 0.5) is 11.4 Å². The fourth-order valence-corrected chi connectivity index (χ4v) is 7.42. The molecular weight excluding hydrogens is 422 g/mol. The van der Waals surface area contributed by atoms with Gasteiger partial charge in [-0.15, -0.1) is 0 Å². The van der Waals surface area contributed by atoms with Gasteiger partial charge in [-0.05, 0) is 55.6 Å². The zero-order valence-electron chi connectivity index (χ0n) is 19.3. The number of piperazine rings is 1. The first kappa shape index (κ1) is 21.4. The van der Waals surface area contributed by atoms with E-state index in [1.165, 1.54) is 19.3 Å². The van der Waals surface area contributed by atoms with Crippen molar-refractivity contribution < 1.29 is 19.2 Å². The number of fused-ring (bicyclic) bond motifs is 3. The van der Waals surface area contributed by atoms with Gasteiger partial charge in [-0.3, -0.25) is 19.8 Å². The molecule has 33 heavy (non-hydrogen) atoms. The van der Waals surface area contributed by atoms with Crippen molar-refractivity contribution in [1.82, 2.24) is 4.90 Å². The molecule has 0 aromatic heterocycles. The number of epoxide rings is 1. The number of nitro groups is 1. The molecule has 0 unspecified atom stereocenters. The number of esters is 1. The molecule has 5 fully saturated rings. The Labute approximate surface area is 194 Å².